The lowest BCUT2D eigenvalue weighted by atomic mass is 10.0. The molecule has 0 spiro atoms. The van der Waals surface area contributed by atoms with E-state index < -0.39 is 0 Å². The molecule has 2 aromatic rings. The number of imidazole rings is 1. The molecule has 120 valence electrons. The lowest BCUT2D eigenvalue weighted by Gasteiger charge is -2.35. The molecule has 1 aromatic carbocycles. The van der Waals surface area contributed by atoms with Crippen LogP contribution >= 0.6 is 0 Å². The van der Waals surface area contributed by atoms with Crippen molar-refractivity contribution in [3.63, 3.8) is 0 Å². The van der Waals surface area contributed by atoms with Crippen molar-refractivity contribution in [3.05, 3.63) is 47.8 Å². The molecule has 6 heteroatoms. The Labute approximate surface area is 135 Å². The Balaban J connectivity index is 1.64. The third-order valence-corrected chi connectivity index (χ3v) is 4.33. The first kappa shape index (κ1) is 15.5. The average Bonchev–Trinajstić information content (AvgIpc) is 2.98. The monoisotopic (exact) mass is 313 g/mol. The molecule has 1 saturated heterocycles. The van der Waals surface area contributed by atoms with Gasteiger partial charge in [0.2, 0.25) is 0 Å². The fourth-order valence-electron chi connectivity index (χ4n) is 3.00. The summed E-state index contributed by atoms with van der Waals surface area (Å²) >= 11 is 0. The van der Waals surface area contributed by atoms with E-state index in [0.29, 0.717) is 17.3 Å². The highest BCUT2D eigenvalue weighted by molar-refractivity contribution is 5.51. The summed E-state index contributed by atoms with van der Waals surface area (Å²) in [4.78, 5) is 6.17. The van der Waals surface area contributed by atoms with Crippen molar-refractivity contribution < 1.29 is 4.39 Å². The summed E-state index contributed by atoms with van der Waals surface area (Å²) in [6.07, 6.45) is 5.74. The molecule has 0 aliphatic carbocycles. The summed E-state index contributed by atoms with van der Waals surface area (Å²) in [6.45, 7) is 2.36. The van der Waals surface area contributed by atoms with Gasteiger partial charge in [0.1, 0.15) is 5.82 Å². The van der Waals surface area contributed by atoms with Crippen LogP contribution < -0.4 is 10.2 Å². The lowest BCUT2D eigenvalue weighted by Crippen LogP contribution is -2.46. The fourth-order valence-corrected chi connectivity index (χ4v) is 3.00. The number of piperidine rings is 1. The van der Waals surface area contributed by atoms with Crippen LogP contribution in [0.25, 0.3) is 0 Å². The summed E-state index contributed by atoms with van der Waals surface area (Å²) in [7, 11) is 1.98. The van der Waals surface area contributed by atoms with E-state index in [1.807, 2.05) is 23.9 Å². The van der Waals surface area contributed by atoms with Crippen LogP contribution in [0.1, 0.15) is 24.1 Å². The number of aryl methyl sites for hydroxylation is 1. The maximum Gasteiger partial charge on any atom is 0.147 e. The van der Waals surface area contributed by atoms with Crippen molar-refractivity contribution in [2.24, 2.45) is 7.05 Å². The van der Waals surface area contributed by atoms with E-state index >= 15 is 0 Å². The zero-order valence-corrected chi connectivity index (χ0v) is 13.2. The van der Waals surface area contributed by atoms with Crippen molar-refractivity contribution in [3.8, 4) is 6.07 Å². The van der Waals surface area contributed by atoms with Gasteiger partial charge in [0.25, 0.3) is 0 Å². The van der Waals surface area contributed by atoms with Crippen LogP contribution in [0, 0.1) is 17.1 Å². The summed E-state index contributed by atoms with van der Waals surface area (Å²) in [5, 5.41) is 12.4. The molecule has 1 aliphatic rings. The molecular formula is C17H20FN5. The molecule has 5 nitrogen and oxygen atoms in total. The highest BCUT2D eigenvalue weighted by Gasteiger charge is 2.22. The maximum absolute atomic E-state index is 14.2. The predicted octanol–water partition coefficient (Wildman–Crippen LogP) is 2.19. The molecule has 1 fully saturated rings. The zero-order valence-electron chi connectivity index (χ0n) is 13.2. The first-order valence-electron chi connectivity index (χ1n) is 7.80. The molecule has 0 saturated carbocycles. The van der Waals surface area contributed by atoms with Crippen molar-refractivity contribution >= 4 is 5.69 Å². The fraction of sp³-hybridized carbons (Fsp3) is 0.412. The summed E-state index contributed by atoms with van der Waals surface area (Å²) < 4.78 is 16.2. The Hall–Kier alpha value is -2.39. The molecule has 0 unspecified atom stereocenters. The minimum atomic E-state index is -0.323. The molecule has 23 heavy (non-hydrogen) atoms. The molecule has 3 rings (SSSR count). The second kappa shape index (κ2) is 6.80. The lowest BCUT2D eigenvalue weighted by molar-refractivity contribution is 0.414. The highest BCUT2D eigenvalue weighted by Crippen LogP contribution is 2.24. The number of nitriles is 1. The van der Waals surface area contributed by atoms with Crippen LogP contribution in [-0.4, -0.2) is 28.7 Å². The molecule has 1 aliphatic heterocycles. The average molecular weight is 313 g/mol. The molecule has 0 radical (unpaired) electrons. The summed E-state index contributed by atoms with van der Waals surface area (Å²) in [5.74, 6) is -0.323. The summed E-state index contributed by atoms with van der Waals surface area (Å²) in [6, 6.07) is 6.97. The third-order valence-electron chi connectivity index (χ3n) is 4.33. The number of halogens is 1. The Morgan fingerprint density at radius 1 is 1.48 bits per heavy atom. The van der Waals surface area contributed by atoms with Crippen molar-refractivity contribution in [1.29, 1.82) is 5.26 Å². The van der Waals surface area contributed by atoms with Gasteiger partial charge in [-0.05, 0) is 31.0 Å². The van der Waals surface area contributed by atoms with Crippen LogP contribution in [0.3, 0.4) is 0 Å². The Morgan fingerprint density at radius 3 is 3.04 bits per heavy atom. The molecule has 1 N–H and O–H groups in total. The number of hydrogen-bond acceptors (Lipinski definition) is 4. The molecule has 1 aromatic heterocycles. The molecule has 0 amide bonds. The number of nitrogens with one attached hydrogen (secondary N) is 1. The summed E-state index contributed by atoms with van der Waals surface area (Å²) in [5.41, 5.74) is 2.07. The van der Waals surface area contributed by atoms with E-state index in [1.54, 1.807) is 18.5 Å². The molecular weight excluding hydrogens is 293 g/mol. The largest absolute Gasteiger partial charge is 0.368 e. The smallest absolute Gasteiger partial charge is 0.147 e. The number of hydrogen-bond donors (Lipinski definition) is 1. The van der Waals surface area contributed by atoms with E-state index in [2.05, 4.69) is 15.2 Å². The van der Waals surface area contributed by atoms with Crippen LogP contribution in [0.15, 0.2) is 30.7 Å². The second-order valence-electron chi connectivity index (χ2n) is 5.94. The third kappa shape index (κ3) is 3.51. The van der Waals surface area contributed by atoms with Gasteiger partial charge in [0.15, 0.2) is 0 Å². The minimum Gasteiger partial charge on any atom is -0.368 e. The van der Waals surface area contributed by atoms with E-state index in [0.717, 1.165) is 38.2 Å². The van der Waals surface area contributed by atoms with Gasteiger partial charge in [-0.1, -0.05) is 0 Å². The van der Waals surface area contributed by atoms with Crippen molar-refractivity contribution in [2.75, 3.05) is 18.0 Å². The van der Waals surface area contributed by atoms with Crippen LogP contribution in [0.2, 0.25) is 0 Å². The van der Waals surface area contributed by atoms with E-state index in [1.165, 1.54) is 6.07 Å². The molecule has 1 atom stereocenters. The Kier molecular flexibility index (Phi) is 4.58. The quantitative estimate of drug-likeness (QED) is 0.940. The van der Waals surface area contributed by atoms with Crippen molar-refractivity contribution in [1.82, 2.24) is 14.9 Å². The SMILES string of the molecule is Cn1cncc1CN[C@@H]1CCCN(c2ccc(C#N)cc2F)C1. The van der Waals surface area contributed by atoms with Crippen LogP contribution in [0.4, 0.5) is 10.1 Å². The number of rotatable bonds is 4. The molecule has 2 heterocycles. The van der Waals surface area contributed by atoms with Gasteiger partial charge in [-0.2, -0.15) is 5.26 Å². The zero-order chi connectivity index (χ0) is 16.2. The van der Waals surface area contributed by atoms with Crippen LogP contribution in [-0.2, 0) is 13.6 Å². The standard InChI is InChI=1S/C17H20FN5/c1-22-12-20-9-15(22)10-21-14-3-2-6-23(11-14)17-5-4-13(8-19)7-16(17)18/h4-5,7,9,12,14,21H,2-3,6,10-11H2,1H3/t14-/m1/s1. The van der Waals surface area contributed by atoms with Gasteiger partial charge >= 0.3 is 0 Å². The van der Waals surface area contributed by atoms with Gasteiger partial charge in [-0.25, -0.2) is 9.37 Å². The topological polar surface area (TPSA) is 56.9 Å². The first-order chi connectivity index (χ1) is 11.2. The van der Waals surface area contributed by atoms with E-state index in [-0.39, 0.29) is 5.82 Å². The van der Waals surface area contributed by atoms with E-state index in [4.69, 9.17) is 5.26 Å². The Morgan fingerprint density at radius 2 is 2.35 bits per heavy atom. The second-order valence-corrected chi connectivity index (χ2v) is 5.94. The van der Waals surface area contributed by atoms with Gasteiger partial charge in [0, 0.05) is 38.9 Å². The van der Waals surface area contributed by atoms with Crippen molar-refractivity contribution in [2.45, 2.75) is 25.4 Å². The Bertz CT molecular complexity index is 718. The highest BCUT2D eigenvalue weighted by atomic mass is 19.1. The number of nitrogens with zero attached hydrogens (tertiary/aromatic N) is 4. The van der Waals surface area contributed by atoms with Gasteiger partial charge in [-0.3, -0.25) is 0 Å². The number of benzene rings is 1. The van der Waals surface area contributed by atoms with Gasteiger partial charge < -0.3 is 14.8 Å². The maximum atomic E-state index is 14.2. The number of anilines is 1. The van der Waals surface area contributed by atoms with Crippen LogP contribution in [0.5, 0.6) is 0 Å². The van der Waals surface area contributed by atoms with Gasteiger partial charge in [0.05, 0.1) is 29.3 Å². The van der Waals surface area contributed by atoms with Gasteiger partial charge in [-0.15, -0.1) is 0 Å². The molecule has 0 bridgehead atoms. The minimum absolute atomic E-state index is 0.314. The van der Waals surface area contributed by atoms with E-state index in [9.17, 15) is 4.39 Å². The first-order valence-corrected chi connectivity index (χ1v) is 7.80. The normalized spacial score (nSPS) is 18.0. The predicted molar refractivity (Wildman–Crippen MR) is 86.4 cm³/mol. The number of aromatic nitrogens is 2.